The van der Waals surface area contributed by atoms with E-state index in [-0.39, 0.29) is 10.2 Å². The van der Waals surface area contributed by atoms with Gasteiger partial charge in [-0.15, -0.1) is 0 Å². The molecule has 0 amide bonds. The molecule has 0 saturated carbocycles. The molecule has 1 rings (SSSR count). The van der Waals surface area contributed by atoms with Gasteiger partial charge in [0.05, 0.1) is 12.1 Å². The first-order chi connectivity index (χ1) is 8.54. The van der Waals surface area contributed by atoms with Gasteiger partial charge in [-0.1, -0.05) is 0 Å². The van der Waals surface area contributed by atoms with Gasteiger partial charge in [0.2, 0.25) is 10.0 Å². The van der Waals surface area contributed by atoms with Crippen LogP contribution >= 0.6 is 15.9 Å². The average molecular weight is 355 g/mol. The zero-order chi connectivity index (χ0) is 15.0. The number of nitrogens with two attached hydrogens (primary N) is 1. The van der Waals surface area contributed by atoms with Gasteiger partial charge in [-0.2, -0.15) is 4.31 Å². The van der Waals surface area contributed by atoms with Crippen molar-refractivity contribution in [2.75, 3.05) is 19.4 Å². The Labute approximate surface area is 120 Å². The number of rotatable bonds is 4. The summed E-state index contributed by atoms with van der Waals surface area (Å²) in [6.45, 7) is 2.67. The van der Waals surface area contributed by atoms with Crippen LogP contribution in [0.3, 0.4) is 0 Å². The molecule has 0 unspecified atom stereocenters. The molecule has 0 aliphatic rings. The molecule has 0 aromatic heterocycles. The monoisotopic (exact) mass is 354 g/mol. The summed E-state index contributed by atoms with van der Waals surface area (Å²) in [4.78, 5) is -0.516. The standard InChI is InChI=1S/C11H16BrFN2O3S/c1-11(2,6-16)15(3)19(17,18)10-5-9(14)7(12)4-8(10)13/h4-5,16H,6,14H2,1-3H3. The molecule has 3 N–H and O–H groups in total. The number of nitrogens with zero attached hydrogens (tertiary/aromatic N) is 1. The number of sulfonamides is 1. The minimum absolute atomic E-state index is 0.121. The van der Waals surface area contributed by atoms with E-state index in [0.29, 0.717) is 0 Å². The number of hydrogen-bond acceptors (Lipinski definition) is 4. The molecule has 8 heteroatoms. The second-order valence-electron chi connectivity index (χ2n) is 4.75. The van der Waals surface area contributed by atoms with Crippen LogP contribution in [0.1, 0.15) is 13.8 Å². The third kappa shape index (κ3) is 3.07. The molecule has 0 radical (unpaired) electrons. The molecule has 0 saturated heterocycles. The Morgan fingerprint density at radius 2 is 2.00 bits per heavy atom. The lowest BCUT2D eigenvalue weighted by atomic mass is 10.1. The number of likely N-dealkylation sites (N-methyl/N-ethyl adjacent to an activating group) is 1. The molecule has 0 spiro atoms. The minimum Gasteiger partial charge on any atom is -0.398 e. The van der Waals surface area contributed by atoms with Crippen molar-refractivity contribution in [3.8, 4) is 0 Å². The van der Waals surface area contributed by atoms with Crippen molar-refractivity contribution in [1.82, 2.24) is 4.31 Å². The molecule has 0 atom stereocenters. The first-order valence-corrected chi connectivity index (χ1v) is 7.62. The lowest BCUT2D eigenvalue weighted by molar-refractivity contribution is 0.137. The maximum Gasteiger partial charge on any atom is 0.246 e. The molecule has 108 valence electrons. The van der Waals surface area contributed by atoms with Crippen LogP contribution < -0.4 is 5.73 Å². The van der Waals surface area contributed by atoms with E-state index in [4.69, 9.17) is 5.73 Å². The van der Waals surface area contributed by atoms with Crippen molar-refractivity contribution in [3.05, 3.63) is 22.4 Å². The van der Waals surface area contributed by atoms with Gasteiger partial charge >= 0.3 is 0 Å². The van der Waals surface area contributed by atoms with Crippen molar-refractivity contribution in [3.63, 3.8) is 0 Å². The smallest absolute Gasteiger partial charge is 0.246 e. The van der Waals surface area contributed by atoms with Crippen molar-refractivity contribution >= 4 is 31.6 Å². The lowest BCUT2D eigenvalue weighted by Gasteiger charge is -2.32. The average Bonchev–Trinajstić information content (AvgIpc) is 2.32. The predicted molar refractivity (Wildman–Crippen MR) is 74.6 cm³/mol. The summed E-state index contributed by atoms with van der Waals surface area (Å²) < 4.78 is 39.7. The number of benzene rings is 1. The Morgan fingerprint density at radius 3 is 2.47 bits per heavy atom. The molecule has 0 fully saturated rings. The SMILES string of the molecule is CN(C(C)(C)CO)S(=O)(=O)c1cc(N)c(Br)cc1F. The Morgan fingerprint density at radius 1 is 1.47 bits per heavy atom. The topological polar surface area (TPSA) is 83.6 Å². The van der Waals surface area contributed by atoms with Crippen molar-refractivity contribution in [1.29, 1.82) is 0 Å². The lowest BCUT2D eigenvalue weighted by Crippen LogP contribution is -2.47. The number of halogens is 2. The van der Waals surface area contributed by atoms with Gasteiger partial charge < -0.3 is 10.8 Å². The van der Waals surface area contributed by atoms with E-state index in [2.05, 4.69) is 15.9 Å². The van der Waals surface area contributed by atoms with Gasteiger partial charge in [0, 0.05) is 17.2 Å². The molecule has 1 aromatic rings. The second kappa shape index (κ2) is 5.35. The first kappa shape index (κ1) is 16.4. The van der Waals surface area contributed by atoms with Crippen LogP contribution in [-0.4, -0.2) is 37.0 Å². The fourth-order valence-corrected chi connectivity index (χ4v) is 3.22. The van der Waals surface area contributed by atoms with Crippen molar-refractivity contribution in [2.24, 2.45) is 0 Å². The zero-order valence-corrected chi connectivity index (χ0v) is 13.2. The Kier molecular flexibility index (Phi) is 4.61. The van der Waals surface area contributed by atoms with Gasteiger partial charge in [0.1, 0.15) is 10.7 Å². The highest BCUT2D eigenvalue weighted by Crippen LogP contribution is 2.29. The number of hydrogen-bond donors (Lipinski definition) is 2. The Balaban J connectivity index is 3.40. The van der Waals surface area contributed by atoms with Gasteiger partial charge in [-0.25, -0.2) is 12.8 Å². The zero-order valence-electron chi connectivity index (χ0n) is 10.8. The van der Waals surface area contributed by atoms with E-state index in [1.54, 1.807) is 0 Å². The van der Waals surface area contributed by atoms with E-state index in [9.17, 15) is 17.9 Å². The van der Waals surface area contributed by atoms with E-state index in [0.717, 1.165) is 16.4 Å². The normalized spacial score (nSPS) is 13.0. The number of aliphatic hydroxyl groups excluding tert-OH is 1. The summed E-state index contributed by atoms with van der Waals surface area (Å²) in [5, 5.41) is 9.21. The van der Waals surface area contributed by atoms with Crippen LogP contribution in [-0.2, 0) is 10.0 Å². The molecule has 0 bridgehead atoms. The van der Waals surface area contributed by atoms with Crippen LogP contribution in [0.15, 0.2) is 21.5 Å². The van der Waals surface area contributed by atoms with E-state index < -0.39 is 32.9 Å². The minimum atomic E-state index is -4.08. The first-order valence-electron chi connectivity index (χ1n) is 5.38. The highest BCUT2D eigenvalue weighted by atomic mass is 79.9. The summed E-state index contributed by atoms with van der Waals surface area (Å²) >= 11 is 3.02. The summed E-state index contributed by atoms with van der Waals surface area (Å²) in [5.74, 6) is -0.901. The second-order valence-corrected chi connectivity index (χ2v) is 7.54. The fraction of sp³-hybridized carbons (Fsp3) is 0.455. The molecule has 0 aliphatic carbocycles. The molecule has 1 aromatic carbocycles. The third-order valence-electron chi connectivity index (χ3n) is 2.93. The van der Waals surface area contributed by atoms with E-state index in [1.165, 1.54) is 20.9 Å². The fourth-order valence-electron chi connectivity index (χ4n) is 1.31. The highest BCUT2D eigenvalue weighted by molar-refractivity contribution is 9.10. The van der Waals surface area contributed by atoms with Crippen LogP contribution in [0.2, 0.25) is 0 Å². The summed E-state index contributed by atoms with van der Waals surface area (Å²) in [7, 11) is -2.80. The van der Waals surface area contributed by atoms with Crippen LogP contribution in [0.5, 0.6) is 0 Å². The maximum absolute atomic E-state index is 13.8. The van der Waals surface area contributed by atoms with Gasteiger partial charge in [0.25, 0.3) is 0 Å². The molecule has 19 heavy (non-hydrogen) atoms. The van der Waals surface area contributed by atoms with Gasteiger partial charge in [-0.05, 0) is 41.9 Å². The largest absolute Gasteiger partial charge is 0.398 e. The quantitative estimate of drug-likeness (QED) is 0.803. The van der Waals surface area contributed by atoms with E-state index in [1.807, 2.05) is 0 Å². The van der Waals surface area contributed by atoms with Gasteiger partial charge in [-0.3, -0.25) is 0 Å². The van der Waals surface area contributed by atoms with Crippen LogP contribution in [0.25, 0.3) is 0 Å². The Bertz CT molecular complexity index is 590. The van der Waals surface area contributed by atoms with E-state index >= 15 is 0 Å². The molecular weight excluding hydrogens is 339 g/mol. The molecule has 5 nitrogen and oxygen atoms in total. The number of anilines is 1. The summed E-state index contributed by atoms with van der Waals surface area (Å²) in [6.07, 6.45) is 0. The van der Waals surface area contributed by atoms with Crippen LogP contribution in [0, 0.1) is 5.82 Å². The summed E-state index contributed by atoms with van der Waals surface area (Å²) in [5.41, 5.74) is 4.65. The molecule has 0 aliphatic heterocycles. The highest BCUT2D eigenvalue weighted by Gasteiger charge is 2.35. The number of aliphatic hydroxyl groups is 1. The Hall–Kier alpha value is -0.700. The van der Waals surface area contributed by atoms with Crippen LogP contribution in [0.4, 0.5) is 10.1 Å². The third-order valence-corrected chi connectivity index (χ3v) is 5.70. The summed E-state index contributed by atoms with van der Waals surface area (Å²) in [6, 6.07) is 2.06. The predicted octanol–water partition coefficient (Wildman–Crippen LogP) is 1.56. The van der Waals surface area contributed by atoms with Crippen molar-refractivity contribution < 1.29 is 17.9 Å². The maximum atomic E-state index is 13.8. The van der Waals surface area contributed by atoms with Gasteiger partial charge in [0.15, 0.2) is 0 Å². The number of nitrogen functional groups attached to an aromatic ring is 1. The molecule has 0 heterocycles. The van der Waals surface area contributed by atoms with Crippen molar-refractivity contribution in [2.45, 2.75) is 24.3 Å². The molecular formula is C11H16BrFN2O3S.